The smallest absolute Gasteiger partial charge is 0.133 e. The number of Topliss-reactive ketones (excluding diaryl/α,β-unsaturated/α-hetero) is 1. The zero-order chi connectivity index (χ0) is 10.6. The van der Waals surface area contributed by atoms with Crippen molar-refractivity contribution in [2.75, 3.05) is 13.2 Å². The Morgan fingerprint density at radius 3 is 2.64 bits per heavy atom. The van der Waals surface area contributed by atoms with Crippen molar-refractivity contribution < 1.29 is 9.53 Å². The van der Waals surface area contributed by atoms with Gasteiger partial charge < -0.3 is 4.74 Å². The van der Waals surface area contributed by atoms with Gasteiger partial charge in [-0.2, -0.15) is 0 Å². The molecule has 1 atom stereocenters. The molecule has 0 aromatic carbocycles. The molecule has 2 nitrogen and oxygen atoms in total. The fourth-order valence-corrected chi connectivity index (χ4v) is 1.68. The fourth-order valence-electron chi connectivity index (χ4n) is 1.68. The quantitative estimate of drug-likeness (QED) is 0.694. The van der Waals surface area contributed by atoms with Crippen LogP contribution in [0, 0.1) is 11.3 Å². The second-order valence-electron chi connectivity index (χ2n) is 5.53. The average molecular weight is 198 g/mol. The highest BCUT2D eigenvalue weighted by atomic mass is 16.5. The van der Waals surface area contributed by atoms with Crippen LogP contribution in [0.4, 0.5) is 0 Å². The summed E-state index contributed by atoms with van der Waals surface area (Å²) in [5.41, 5.74) is 0.280. The fraction of sp³-hybridized carbons (Fsp3) is 0.917. The lowest BCUT2D eigenvalue weighted by atomic mass is 9.88. The maximum atomic E-state index is 11.6. The lowest BCUT2D eigenvalue weighted by molar-refractivity contribution is -0.120. The predicted octanol–water partition coefficient (Wildman–Crippen LogP) is 2.81. The molecule has 1 aliphatic rings. The van der Waals surface area contributed by atoms with Gasteiger partial charge in [0.25, 0.3) is 0 Å². The monoisotopic (exact) mass is 198 g/mol. The predicted molar refractivity (Wildman–Crippen MR) is 57.2 cm³/mol. The van der Waals surface area contributed by atoms with Gasteiger partial charge in [0.05, 0.1) is 0 Å². The lowest BCUT2D eigenvalue weighted by Crippen LogP contribution is -2.12. The summed E-state index contributed by atoms with van der Waals surface area (Å²) in [4.78, 5) is 11.6. The molecule has 1 aliphatic heterocycles. The van der Waals surface area contributed by atoms with E-state index < -0.39 is 0 Å². The summed E-state index contributed by atoms with van der Waals surface area (Å²) >= 11 is 0. The summed E-state index contributed by atoms with van der Waals surface area (Å²) in [6.07, 6.45) is 3.54. The van der Waals surface area contributed by atoms with E-state index in [2.05, 4.69) is 20.8 Å². The van der Waals surface area contributed by atoms with Crippen molar-refractivity contribution >= 4 is 5.78 Å². The molecule has 0 aliphatic carbocycles. The van der Waals surface area contributed by atoms with E-state index in [1.165, 1.54) is 0 Å². The van der Waals surface area contributed by atoms with E-state index in [0.717, 1.165) is 38.9 Å². The van der Waals surface area contributed by atoms with Crippen LogP contribution in [0.5, 0.6) is 0 Å². The van der Waals surface area contributed by atoms with Gasteiger partial charge in [0.15, 0.2) is 0 Å². The van der Waals surface area contributed by atoms with E-state index in [4.69, 9.17) is 4.74 Å². The molecule has 0 aromatic heterocycles. The molecule has 1 saturated heterocycles. The van der Waals surface area contributed by atoms with Gasteiger partial charge in [-0.25, -0.2) is 0 Å². The summed E-state index contributed by atoms with van der Waals surface area (Å²) in [7, 11) is 0. The number of hydrogen-bond acceptors (Lipinski definition) is 2. The SMILES string of the molecule is CC(C)(C)CCC(=O)CC1CCOC1. The van der Waals surface area contributed by atoms with Gasteiger partial charge in [-0.05, 0) is 24.2 Å². The Kier molecular flexibility index (Phi) is 4.11. The molecular weight excluding hydrogens is 176 g/mol. The third-order valence-corrected chi connectivity index (χ3v) is 2.69. The minimum atomic E-state index is 0.280. The first-order chi connectivity index (χ1) is 6.47. The maximum absolute atomic E-state index is 11.6. The van der Waals surface area contributed by atoms with E-state index in [9.17, 15) is 4.79 Å². The minimum absolute atomic E-state index is 0.280. The highest BCUT2D eigenvalue weighted by Gasteiger charge is 2.20. The molecule has 1 unspecified atom stereocenters. The van der Waals surface area contributed by atoms with E-state index in [1.807, 2.05) is 0 Å². The molecule has 1 rings (SSSR count). The van der Waals surface area contributed by atoms with Crippen LogP contribution in [0.25, 0.3) is 0 Å². The van der Waals surface area contributed by atoms with Crippen molar-refractivity contribution in [2.24, 2.45) is 11.3 Å². The number of ether oxygens (including phenoxy) is 1. The summed E-state index contributed by atoms with van der Waals surface area (Å²) in [6.45, 7) is 8.18. The van der Waals surface area contributed by atoms with Crippen molar-refractivity contribution in [1.29, 1.82) is 0 Å². The van der Waals surface area contributed by atoms with Gasteiger partial charge in [-0.1, -0.05) is 20.8 Å². The summed E-state index contributed by atoms with van der Waals surface area (Å²) in [5, 5.41) is 0. The first-order valence-electron chi connectivity index (χ1n) is 5.57. The maximum Gasteiger partial charge on any atom is 0.133 e. The van der Waals surface area contributed by atoms with Crippen LogP contribution < -0.4 is 0 Å². The molecule has 0 N–H and O–H groups in total. The van der Waals surface area contributed by atoms with Crippen LogP contribution in [0.2, 0.25) is 0 Å². The van der Waals surface area contributed by atoms with Crippen molar-refractivity contribution in [1.82, 2.24) is 0 Å². The standard InChI is InChI=1S/C12H22O2/c1-12(2,3)6-4-11(13)8-10-5-7-14-9-10/h10H,4-9H2,1-3H3. The van der Waals surface area contributed by atoms with Gasteiger partial charge in [0.2, 0.25) is 0 Å². The van der Waals surface area contributed by atoms with Crippen LogP contribution >= 0.6 is 0 Å². The van der Waals surface area contributed by atoms with Gasteiger partial charge in [-0.15, -0.1) is 0 Å². The van der Waals surface area contributed by atoms with Crippen LogP contribution in [0.3, 0.4) is 0 Å². The first-order valence-corrected chi connectivity index (χ1v) is 5.57. The van der Waals surface area contributed by atoms with Crippen molar-refractivity contribution in [3.8, 4) is 0 Å². The van der Waals surface area contributed by atoms with Crippen molar-refractivity contribution in [3.05, 3.63) is 0 Å². The number of rotatable bonds is 4. The Morgan fingerprint density at radius 2 is 2.14 bits per heavy atom. The Bertz CT molecular complexity index is 185. The van der Waals surface area contributed by atoms with Gasteiger partial charge >= 0.3 is 0 Å². The van der Waals surface area contributed by atoms with E-state index in [0.29, 0.717) is 11.7 Å². The van der Waals surface area contributed by atoms with Crippen molar-refractivity contribution in [2.45, 2.75) is 46.5 Å². The second kappa shape index (κ2) is 4.92. The minimum Gasteiger partial charge on any atom is -0.381 e. The molecule has 2 heteroatoms. The lowest BCUT2D eigenvalue weighted by Gasteiger charge is -2.17. The number of carbonyl (C=O) groups is 1. The molecule has 0 amide bonds. The summed E-state index contributed by atoms with van der Waals surface area (Å²) < 4.78 is 5.25. The highest BCUT2D eigenvalue weighted by molar-refractivity contribution is 5.78. The third-order valence-electron chi connectivity index (χ3n) is 2.69. The molecular formula is C12H22O2. The molecule has 0 saturated carbocycles. The average Bonchev–Trinajstić information content (AvgIpc) is 2.52. The normalized spacial score (nSPS) is 22.6. The van der Waals surface area contributed by atoms with Gasteiger partial charge in [0, 0.05) is 26.1 Å². The van der Waals surface area contributed by atoms with Crippen LogP contribution in [-0.2, 0) is 9.53 Å². The topological polar surface area (TPSA) is 26.3 Å². The zero-order valence-corrected chi connectivity index (χ0v) is 9.64. The van der Waals surface area contributed by atoms with E-state index >= 15 is 0 Å². The molecule has 82 valence electrons. The zero-order valence-electron chi connectivity index (χ0n) is 9.64. The molecule has 0 radical (unpaired) electrons. The molecule has 0 bridgehead atoms. The Labute approximate surface area is 87.0 Å². The van der Waals surface area contributed by atoms with Crippen LogP contribution in [-0.4, -0.2) is 19.0 Å². The molecule has 0 spiro atoms. The number of hydrogen-bond donors (Lipinski definition) is 0. The van der Waals surface area contributed by atoms with Gasteiger partial charge in [0.1, 0.15) is 5.78 Å². The largest absolute Gasteiger partial charge is 0.381 e. The highest BCUT2D eigenvalue weighted by Crippen LogP contribution is 2.23. The molecule has 0 aromatic rings. The Balaban J connectivity index is 2.15. The number of carbonyl (C=O) groups excluding carboxylic acids is 1. The van der Waals surface area contributed by atoms with Crippen LogP contribution in [0.15, 0.2) is 0 Å². The van der Waals surface area contributed by atoms with Crippen molar-refractivity contribution in [3.63, 3.8) is 0 Å². The van der Waals surface area contributed by atoms with E-state index in [-0.39, 0.29) is 5.41 Å². The van der Waals surface area contributed by atoms with E-state index in [1.54, 1.807) is 0 Å². The Morgan fingerprint density at radius 1 is 1.43 bits per heavy atom. The molecule has 14 heavy (non-hydrogen) atoms. The molecule has 1 heterocycles. The van der Waals surface area contributed by atoms with Gasteiger partial charge in [-0.3, -0.25) is 4.79 Å². The summed E-state index contributed by atoms with van der Waals surface area (Å²) in [5.74, 6) is 0.915. The number of ketones is 1. The molecule has 1 fully saturated rings. The third kappa shape index (κ3) is 4.75. The Hall–Kier alpha value is -0.370. The van der Waals surface area contributed by atoms with Crippen LogP contribution in [0.1, 0.15) is 46.5 Å². The first kappa shape index (κ1) is 11.7. The second-order valence-corrected chi connectivity index (χ2v) is 5.53. The summed E-state index contributed by atoms with van der Waals surface area (Å²) in [6, 6.07) is 0.